The molecule has 0 saturated carbocycles. The number of nitrogens with one attached hydrogen (secondary N) is 1. The minimum Gasteiger partial charge on any atom is -0.439 e. The Morgan fingerprint density at radius 1 is 1.19 bits per heavy atom. The molecule has 0 unspecified atom stereocenters. The van der Waals surface area contributed by atoms with Crippen LogP contribution >= 0.6 is 11.6 Å². The molecular weight excluding hydrogens is 364 g/mol. The van der Waals surface area contributed by atoms with Gasteiger partial charge in [-0.2, -0.15) is 0 Å². The number of carbonyl (C=O) groups excluding carboxylic acids is 1. The number of halogens is 1. The van der Waals surface area contributed by atoms with Crippen molar-refractivity contribution in [3.05, 3.63) is 58.9 Å². The fraction of sp³-hybridized carbons (Fsp3) is 0.300. The molecule has 7 heteroatoms. The Hall–Kier alpha value is -2.57. The summed E-state index contributed by atoms with van der Waals surface area (Å²) in [5.74, 6) is 0.711. The minimum atomic E-state index is -0.101. The molecule has 2 amide bonds. The monoisotopic (exact) mass is 384 g/mol. The Morgan fingerprint density at radius 3 is 2.70 bits per heavy atom. The molecule has 0 bridgehead atoms. The lowest BCUT2D eigenvalue weighted by atomic mass is 10.2. The second kappa shape index (κ2) is 7.58. The van der Waals surface area contributed by atoms with Crippen molar-refractivity contribution in [2.75, 3.05) is 31.5 Å². The van der Waals surface area contributed by atoms with Crippen molar-refractivity contribution in [2.45, 2.75) is 13.5 Å². The van der Waals surface area contributed by atoms with Gasteiger partial charge in [-0.1, -0.05) is 29.8 Å². The zero-order valence-corrected chi connectivity index (χ0v) is 15.9. The predicted octanol–water partition coefficient (Wildman–Crippen LogP) is 4.14. The van der Waals surface area contributed by atoms with E-state index in [1.807, 2.05) is 48.2 Å². The molecule has 3 aromatic rings. The summed E-state index contributed by atoms with van der Waals surface area (Å²) in [5.41, 5.74) is 3.39. The summed E-state index contributed by atoms with van der Waals surface area (Å²) in [5, 5.41) is 3.56. The van der Waals surface area contributed by atoms with Crippen molar-refractivity contribution in [2.24, 2.45) is 0 Å². The van der Waals surface area contributed by atoms with Crippen LogP contribution in [0, 0.1) is 6.92 Å². The first-order valence-electron chi connectivity index (χ1n) is 8.97. The topological polar surface area (TPSA) is 61.6 Å². The van der Waals surface area contributed by atoms with Crippen LogP contribution < -0.4 is 5.32 Å². The van der Waals surface area contributed by atoms with Gasteiger partial charge >= 0.3 is 6.03 Å². The van der Waals surface area contributed by atoms with E-state index in [-0.39, 0.29) is 6.03 Å². The standard InChI is InChI=1S/C20H21ClN4O2/c1-14-6-7-15(12-16(14)21)22-20(26)25-10-8-24(9-11-25)13-19-23-17-4-2-3-5-18(17)27-19/h2-7,12H,8-11,13H2,1H3,(H,22,26). The van der Waals surface area contributed by atoms with E-state index in [9.17, 15) is 4.79 Å². The molecule has 0 radical (unpaired) electrons. The summed E-state index contributed by atoms with van der Waals surface area (Å²) in [6, 6.07) is 13.2. The van der Waals surface area contributed by atoms with Crippen molar-refractivity contribution in [1.82, 2.24) is 14.8 Å². The number of rotatable bonds is 3. The lowest BCUT2D eigenvalue weighted by molar-refractivity contribution is 0.136. The number of amides is 2. The molecule has 1 aliphatic heterocycles. The van der Waals surface area contributed by atoms with Crippen molar-refractivity contribution >= 4 is 34.4 Å². The Labute approximate surface area is 162 Å². The molecular formula is C20H21ClN4O2. The first-order chi connectivity index (χ1) is 13.1. The average molecular weight is 385 g/mol. The maximum absolute atomic E-state index is 12.5. The second-order valence-corrected chi connectivity index (χ2v) is 7.14. The number of hydrogen-bond donors (Lipinski definition) is 1. The zero-order valence-electron chi connectivity index (χ0n) is 15.1. The molecule has 27 heavy (non-hydrogen) atoms. The lowest BCUT2D eigenvalue weighted by Crippen LogP contribution is -2.49. The number of para-hydroxylation sites is 2. The van der Waals surface area contributed by atoms with E-state index < -0.39 is 0 Å². The third kappa shape index (κ3) is 4.07. The van der Waals surface area contributed by atoms with Crippen LogP contribution in [0.15, 0.2) is 46.9 Å². The molecule has 2 aromatic carbocycles. The Kier molecular flexibility index (Phi) is 5.01. The molecule has 4 rings (SSSR count). The van der Waals surface area contributed by atoms with E-state index in [0.717, 1.165) is 29.8 Å². The number of nitrogens with zero attached hydrogens (tertiary/aromatic N) is 3. The molecule has 0 spiro atoms. The highest BCUT2D eigenvalue weighted by molar-refractivity contribution is 6.31. The van der Waals surface area contributed by atoms with Gasteiger partial charge < -0.3 is 14.6 Å². The molecule has 0 atom stereocenters. The SMILES string of the molecule is Cc1ccc(NC(=O)N2CCN(Cc3nc4ccccc4o3)CC2)cc1Cl. The minimum absolute atomic E-state index is 0.101. The van der Waals surface area contributed by atoms with E-state index >= 15 is 0 Å². The van der Waals surface area contributed by atoms with Gasteiger partial charge in [0.2, 0.25) is 5.89 Å². The Morgan fingerprint density at radius 2 is 1.96 bits per heavy atom. The second-order valence-electron chi connectivity index (χ2n) is 6.73. The Bertz CT molecular complexity index is 931. The number of aryl methyl sites for hydroxylation is 1. The highest BCUT2D eigenvalue weighted by Gasteiger charge is 2.22. The van der Waals surface area contributed by atoms with Crippen LogP contribution in [-0.4, -0.2) is 47.0 Å². The molecule has 2 heterocycles. The van der Waals surface area contributed by atoms with Gasteiger partial charge in [-0.25, -0.2) is 9.78 Å². The van der Waals surface area contributed by atoms with E-state index in [0.29, 0.717) is 36.2 Å². The number of anilines is 1. The van der Waals surface area contributed by atoms with Gasteiger partial charge in [-0.15, -0.1) is 0 Å². The molecule has 1 saturated heterocycles. The number of benzene rings is 2. The molecule has 1 aliphatic rings. The lowest BCUT2D eigenvalue weighted by Gasteiger charge is -2.34. The number of piperazine rings is 1. The van der Waals surface area contributed by atoms with Crippen LogP contribution in [0.25, 0.3) is 11.1 Å². The molecule has 1 aromatic heterocycles. The zero-order chi connectivity index (χ0) is 18.8. The summed E-state index contributed by atoms with van der Waals surface area (Å²) in [6.07, 6.45) is 0. The van der Waals surface area contributed by atoms with Crippen LogP contribution in [0.5, 0.6) is 0 Å². The quantitative estimate of drug-likeness (QED) is 0.737. The van der Waals surface area contributed by atoms with Gasteiger partial charge in [0.1, 0.15) is 5.52 Å². The van der Waals surface area contributed by atoms with Crippen molar-refractivity contribution in [3.63, 3.8) is 0 Å². The molecule has 140 valence electrons. The number of carbonyl (C=O) groups is 1. The first kappa shape index (κ1) is 17.8. The van der Waals surface area contributed by atoms with Gasteiger partial charge in [0.15, 0.2) is 5.58 Å². The molecule has 1 N–H and O–H groups in total. The number of aromatic nitrogens is 1. The summed E-state index contributed by atoms with van der Waals surface area (Å²) in [7, 11) is 0. The number of oxazole rings is 1. The number of urea groups is 1. The normalized spacial score (nSPS) is 15.3. The van der Waals surface area contributed by atoms with Crippen LogP contribution in [0.2, 0.25) is 5.02 Å². The fourth-order valence-corrected chi connectivity index (χ4v) is 3.34. The summed E-state index contributed by atoms with van der Waals surface area (Å²) in [4.78, 5) is 21.0. The largest absolute Gasteiger partial charge is 0.439 e. The van der Waals surface area contributed by atoms with Gasteiger partial charge in [-0.3, -0.25) is 4.90 Å². The predicted molar refractivity (Wildman–Crippen MR) is 106 cm³/mol. The first-order valence-corrected chi connectivity index (χ1v) is 9.35. The van der Waals surface area contributed by atoms with E-state index in [2.05, 4.69) is 15.2 Å². The van der Waals surface area contributed by atoms with Crippen LogP contribution in [0.1, 0.15) is 11.5 Å². The summed E-state index contributed by atoms with van der Waals surface area (Å²) >= 11 is 6.12. The van der Waals surface area contributed by atoms with Crippen molar-refractivity contribution < 1.29 is 9.21 Å². The van der Waals surface area contributed by atoms with Crippen molar-refractivity contribution in [3.8, 4) is 0 Å². The fourth-order valence-electron chi connectivity index (χ4n) is 3.16. The Balaban J connectivity index is 1.31. The van der Waals surface area contributed by atoms with E-state index in [1.165, 1.54) is 0 Å². The maximum Gasteiger partial charge on any atom is 0.321 e. The van der Waals surface area contributed by atoms with E-state index in [4.69, 9.17) is 16.0 Å². The summed E-state index contributed by atoms with van der Waals surface area (Å²) < 4.78 is 5.79. The van der Waals surface area contributed by atoms with Gasteiger partial charge in [0.05, 0.1) is 6.54 Å². The molecule has 6 nitrogen and oxygen atoms in total. The van der Waals surface area contributed by atoms with Gasteiger partial charge in [-0.05, 0) is 36.8 Å². The van der Waals surface area contributed by atoms with E-state index in [1.54, 1.807) is 6.07 Å². The van der Waals surface area contributed by atoms with Crippen molar-refractivity contribution in [1.29, 1.82) is 0 Å². The van der Waals surface area contributed by atoms with Crippen LogP contribution in [0.4, 0.5) is 10.5 Å². The third-order valence-electron chi connectivity index (χ3n) is 4.78. The highest BCUT2D eigenvalue weighted by atomic mass is 35.5. The molecule has 1 fully saturated rings. The highest BCUT2D eigenvalue weighted by Crippen LogP contribution is 2.21. The smallest absolute Gasteiger partial charge is 0.321 e. The number of fused-ring (bicyclic) bond motifs is 1. The maximum atomic E-state index is 12.5. The summed E-state index contributed by atoms with van der Waals surface area (Å²) in [6.45, 7) is 5.46. The number of hydrogen-bond acceptors (Lipinski definition) is 4. The van der Waals surface area contributed by atoms with Crippen LogP contribution in [-0.2, 0) is 6.54 Å². The van der Waals surface area contributed by atoms with Gasteiger partial charge in [0.25, 0.3) is 0 Å². The average Bonchev–Trinajstić information content (AvgIpc) is 3.07. The van der Waals surface area contributed by atoms with Gasteiger partial charge in [0, 0.05) is 36.9 Å². The van der Waals surface area contributed by atoms with Crippen LogP contribution in [0.3, 0.4) is 0 Å². The molecule has 0 aliphatic carbocycles. The third-order valence-corrected chi connectivity index (χ3v) is 5.19.